The van der Waals surface area contributed by atoms with Gasteiger partial charge in [-0.05, 0) is 19.1 Å². The third-order valence-corrected chi connectivity index (χ3v) is 4.22. The van der Waals surface area contributed by atoms with Crippen LogP contribution >= 0.6 is 0 Å². The van der Waals surface area contributed by atoms with Gasteiger partial charge < -0.3 is 4.74 Å². The van der Waals surface area contributed by atoms with Crippen molar-refractivity contribution >= 4 is 10.0 Å². The van der Waals surface area contributed by atoms with Gasteiger partial charge in [-0.3, -0.25) is 0 Å². The fourth-order valence-corrected chi connectivity index (χ4v) is 2.87. The molecule has 0 aliphatic carbocycles. The Balaban J connectivity index is 2.59. The molecule has 0 spiro atoms. The van der Waals surface area contributed by atoms with E-state index in [1.54, 1.807) is 6.92 Å². The number of hydrogen-bond acceptors (Lipinski definition) is 4. The summed E-state index contributed by atoms with van der Waals surface area (Å²) in [6.07, 6.45) is 2.72. The van der Waals surface area contributed by atoms with E-state index in [0.29, 0.717) is 5.82 Å². The second-order valence-corrected chi connectivity index (χ2v) is 5.39. The van der Waals surface area contributed by atoms with Crippen LogP contribution in [0, 0.1) is 12.7 Å². The average Bonchev–Trinajstić information content (AvgIpc) is 2.76. The maximum Gasteiger partial charge on any atom is 0.269 e. The van der Waals surface area contributed by atoms with Crippen molar-refractivity contribution in [2.24, 2.45) is 0 Å². The molecule has 0 N–H and O–H groups in total. The first-order chi connectivity index (χ1) is 8.46. The minimum Gasteiger partial charge on any atom is -0.494 e. The lowest BCUT2D eigenvalue weighted by atomic mass is 10.3. The predicted octanol–water partition coefficient (Wildman–Crippen LogP) is 1.58. The first-order valence-corrected chi connectivity index (χ1v) is 6.50. The number of methoxy groups -OCH3 is 1. The monoisotopic (exact) mass is 270 g/mol. The number of hydrogen-bond donors (Lipinski definition) is 0. The number of aryl methyl sites for hydroxylation is 1. The Morgan fingerprint density at radius 3 is 2.67 bits per heavy atom. The second kappa shape index (κ2) is 4.41. The Labute approximate surface area is 104 Å². The van der Waals surface area contributed by atoms with Crippen molar-refractivity contribution in [1.29, 1.82) is 0 Å². The van der Waals surface area contributed by atoms with E-state index in [4.69, 9.17) is 4.74 Å². The predicted molar refractivity (Wildman–Crippen MR) is 62.5 cm³/mol. The van der Waals surface area contributed by atoms with E-state index < -0.39 is 15.8 Å². The zero-order valence-corrected chi connectivity index (χ0v) is 10.6. The van der Waals surface area contributed by atoms with Crippen LogP contribution in [0.4, 0.5) is 4.39 Å². The molecule has 0 atom stereocenters. The zero-order chi connectivity index (χ0) is 13.3. The molecular weight excluding hydrogens is 259 g/mol. The van der Waals surface area contributed by atoms with Crippen molar-refractivity contribution in [1.82, 2.24) is 8.96 Å². The van der Waals surface area contributed by atoms with Crippen molar-refractivity contribution in [3.8, 4) is 5.75 Å². The van der Waals surface area contributed by atoms with Crippen LogP contribution in [0.25, 0.3) is 0 Å². The van der Waals surface area contributed by atoms with Crippen LogP contribution in [0.1, 0.15) is 5.82 Å². The van der Waals surface area contributed by atoms with E-state index in [1.807, 2.05) is 0 Å². The molecule has 0 saturated carbocycles. The molecule has 2 aromatic rings. The highest BCUT2D eigenvalue weighted by Gasteiger charge is 2.20. The van der Waals surface area contributed by atoms with E-state index in [-0.39, 0.29) is 10.6 Å². The lowest BCUT2D eigenvalue weighted by Gasteiger charge is -2.09. The summed E-state index contributed by atoms with van der Waals surface area (Å²) in [4.78, 5) is 3.79. The van der Waals surface area contributed by atoms with Crippen molar-refractivity contribution in [2.75, 3.05) is 7.11 Å². The van der Waals surface area contributed by atoms with Crippen molar-refractivity contribution in [2.45, 2.75) is 11.8 Å². The van der Waals surface area contributed by atoms with Gasteiger partial charge in [-0.15, -0.1) is 0 Å². The Morgan fingerprint density at radius 2 is 2.11 bits per heavy atom. The number of benzene rings is 1. The van der Waals surface area contributed by atoms with Crippen LogP contribution < -0.4 is 4.74 Å². The minimum absolute atomic E-state index is 0.0538. The molecule has 0 aliphatic heterocycles. The zero-order valence-electron chi connectivity index (χ0n) is 9.79. The maximum absolute atomic E-state index is 13.2. The summed E-state index contributed by atoms with van der Waals surface area (Å²) in [6.45, 7) is 1.57. The quantitative estimate of drug-likeness (QED) is 0.849. The number of ether oxygens (including phenoxy) is 1. The Kier molecular flexibility index (Phi) is 3.08. The summed E-state index contributed by atoms with van der Waals surface area (Å²) < 4.78 is 43.5. The van der Waals surface area contributed by atoms with Gasteiger partial charge in [0, 0.05) is 18.5 Å². The molecule has 0 amide bonds. The van der Waals surface area contributed by atoms with Gasteiger partial charge in [-0.25, -0.2) is 21.8 Å². The van der Waals surface area contributed by atoms with Gasteiger partial charge in [-0.1, -0.05) is 0 Å². The van der Waals surface area contributed by atoms with E-state index >= 15 is 0 Å². The first kappa shape index (κ1) is 12.6. The number of imidazole rings is 1. The Bertz CT molecular complexity index is 679. The highest BCUT2D eigenvalue weighted by Crippen LogP contribution is 2.23. The van der Waals surface area contributed by atoms with Gasteiger partial charge in [0.15, 0.2) is 11.6 Å². The van der Waals surface area contributed by atoms with Gasteiger partial charge in [0.25, 0.3) is 10.0 Å². The average molecular weight is 270 g/mol. The largest absolute Gasteiger partial charge is 0.494 e. The van der Waals surface area contributed by atoms with Crippen molar-refractivity contribution in [3.63, 3.8) is 0 Å². The van der Waals surface area contributed by atoms with Gasteiger partial charge in [0.05, 0.1) is 12.0 Å². The summed E-state index contributed by atoms with van der Waals surface area (Å²) in [5, 5.41) is 0. The number of rotatable bonds is 3. The summed E-state index contributed by atoms with van der Waals surface area (Å²) in [5.74, 6) is -0.397. The Hall–Kier alpha value is -1.89. The summed E-state index contributed by atoms with van der Waals surface area (Å²) in [6, 6.07) is 3.38. The van der Waals surface area contributed by atoms with Crippen LogP contribution in [0.3, 0.4) is 0 Å². The molecule has 0 aliphatic rings. The third-order valence-electron chi connectivity index (χ3n) is 2.46. The number of halogens is 1. The molecule has 1 aromatic carbocycles. The van der Waals surface area contributed by atoms with Gasteiger partial charge in [0.1, 0.15) is 5.82 Å². The van der Waals surface area contributed by atoms with Gasteiger partial charge >= 0.3 is 0 Å². The molecule has 18 heavy (non-hydrogen) atoms. The Morgan fingerprint density at radius 1 is 1.39 bits per heavy atom. The minimum atomic E-state index is -3.77. The standard InChI is InChI=1S/C11H11FN2O3S/c1-8-13-5-6-14(8)18(15,16)9-3-4-10(12)11(7-9)17-2/h3-7H,1-2H3. The van der Waals surface area contributed by atoms with Crippen LogP contribution in [-0.4, -0.2) is 24.5 Å². The van der Waals surface area contributed by atoms with Crippen LogP contribution in [-0.2, 0) is 10.0 Å². The van der Waals surface area contributed by atoms with Crippen molar-refractivity contribution < 1.29 is 17.5 Å². The van der Waals surface area contributed by atoms with Gasteiger partial charge in [0.2, 0.25) is 0 Å². The molecule has 1 aromatic heterocycles. The SMILES string of the molecule is COc1cc(S(=O)(=O)n2ccnc2C)ccc1F. The van der Waals surface area contributed by atoms with E-state index in [1.165, 1.54) is 25.6 Å². The molecular formula is C11H11FN2O3S. The molecule has 0 radical (unpaired) electrons. The molecule has 5 nitrogen and oxygen atoms in total. The molecule has 1 heterocycles. The first-order valence-electron chi connectivity index (χ1n) is 5.06. The van der Waals surface area contributed by atoms with Crippen LogP contribution in [0.5, 0.6) is 5.75 Å². The fraction of sp³-hybridized carbons (Fsp3) is 0.182. The molecule has 0 saturated heterocycles. The lowest BCUT2D eigenvalue weighted by molar-refractivity contribution is 0.385. The summed E-state index contributed by atoms with van der Waals surface area (Å²) in [5.41, 5.74) is 0. The fourth-order valence-electron chi connectivity index (χ4n) is 1.53. The molecule has 7 heteroatoms. The van der Waals surface area contributed by atoms with Crippen LogP contribution in [0.15, 0.2) is 35.5 Å². The van der Waals surface area contributed by atoms with Crippen LogP contribution in [0.2, 0.25) is 0 Å². The molecule has 0 fully saturated rings. The summed E-state index contributed by atoms with van der Waals surface area (Å²) in [7, 11) is -2.49. The highest BCUT2D eigenvalue weighted by molar-refractivity contribution is 7.90. The normalized spacial score (nSPS) is 11.5. The molecule has 2 rings (SSSR count). The maximum atomic E-state index is 13.2. The lowest BCUT2D eigenvalue weighted by Crippen LogP contribution is -2.14. The highest BCUT2D eigenvalue weighted by atomic mass is 32.2. The molecule has 0 bridgehead atoms. The summed E-state index contributed by atoms with van der Waals surface area (Å²) >= 11 is 0. The molecule has 0 unspecified atom stereocenters. The van der Waals surface area contributed by atoms with E-state index in [2.05, 4.69) is 4.98 Å². The molecule has 96 valence electrons. The topological polar surface area (TPSA) is 61.2 Å². The second-order valence-electron chi connectivity index (χ2n) is 3.57. The van der Waals surface area contributed by atoms with Gasteiger partial charge in [-0.2, -0.15) is 0 Å². The number of aromatic nitrogens is 2. The van der Waals surface area contributed by atoms with E-state index in [0.717, 1.165) is 16.1 Å². The van der Waals surface area contributed by atoms with Crippen molar-refractivity contribution in [3.05, 3.63) is 42.2 Å². The van der Waals surface area contributed by atoms with E-state index in [9.17, 15) is 12.8 Å². The third kappa shape index (κ3) is 1.97. The smallest absolute Gasteiger partial charge is 0.269 e. The number of nitrogens with zero attached hydrogens (tertiary/aromatic N) is 2.